The van der Waals surface area contributed by atoms with Gasteiger partial charge in [0.25, 0.3) is 0 Å². The first-order valence-corrected chi connectivity index (χ1v) is 7.64. The minimum absolute atomic E-state index is 0.145. The van der Waals surface area contributed by atoms with Gasteiger partial charge < -0.3 is 15.8 Å². The third-order valence-electron chi connectivity index (χ3n) is 3.15. The summed E-state index contributed by atoms with van der Waals surface area (Å²) < 4.78 is 41.2. The molecule has 0 spiro atoms. The summed E-state index contributed by atoms with van der Waals surface area (Å²) in [5, 5.41) is 2.97. The van der Waals surface area contributed by atoms with Gasteiger partial charge in [-0.1, -0.05) is 18.2 Å². The summed E-state index contributed by atoms with van der Waals surface area (Å²) in [5.74, 6) is 0.407. The van der Waals surface area contributed by atoms with Crippen molar-refractivity contribution in [1.29, 1.82) is 0 Å². The Morgan fingerprint density at radius 2 is 2.04 bits per heavy atom. The highest BCUT2D eigenvalue weighted by atomic mass is 19.4. The highest BCUT2D eigenvalue weighted by Gasteiger charge is 2.28. The van der Waals surface area contributed by atoms with Crippen LogP contribution in [0.25, 0.3) is 0 Å². The van der Waals surface area contributed by atoms with Crippen molar-refractivity contribution in [3.05, 3.63) is 59.9 Å². The Bertz CT molecular complexity index is 690. The molecule has 134 valence electrons. The predicted octanol–water partition coefficient (Wildman–Crippen LogP) is 2.67. The highest BCUT2D eigenvalue weighted by molar-refractivity contribution is 5.77. The van der Waals surface area contributed by atoms with Crippen LogP contribution in [-0.2, 0) is 13.0 Å². The molecular weight excluding hydrogens is 333 g/mol. The van der Waals surface area contributed by atoms with Crippen LogP contribution in [0.15, 0.2) is 53.7 Å². The number of halogens is 3. The standard InChI is InChI=1S/C17H19F3N4O/c18-17(19,20)12-25-15-6-3-4-13(10-15)11-24-16(21)23-9-7-14-5-1-2-8-22-14/h1-6,8,10H,7,9,11-12H2,(H3,21,23,24). The van der Waals surface area contributed by atoms with Crippen LogP contribution in [0.2, 0.25) is 0 Å². The number of nitrogens with zero attached hydrogens (tertiary/aromatic N) is 2. The molecule has 2 rings (SSSR count). The van der Waals surface area contributed by atoms with Gasteiger partial charge in [0.05, 0.1) is 6.54 Å². The Balaban J connectivity index is 1.79. The molecule has 25 heavy (non-hydrogen) atoms. The van der Waals surface area contributed by atoms with E-state index in [-0.39, 0.29) is 18.3 Å². The van der Waals surface area contributed by atoms with Crippen molar-refractivity contribution >= 4 is 5.96 Å². The van der Waals surface area contributed by atoms with Crippen molar-refractivity contribution in [3.63, 3.8) is 0 Å². The van der Waals surface area contributed by atoms with Crippen molar-refractivity contribution in [2.24, 2.45) is 10.7 Å². The van der Waals surface area contributed by atoms with Gasteiger partial charge in [0.15, 0.2) is 12.6 Å². The second-order valence-corrected chi connectivity index (χ2v) is 5.25. The maximum atomic E-state index is 12.2. The molecule has 0 amide bonds. The van der Waals surface area contributed by atoms with Gasteiger partial charge in [0, 0.05) is 24.9 Å². The maximum Gasteiger partial charge on any atom is 0.422 e. The van der Waals surface area contributed by atoms with Gasteiger partial charge in [-0.3, -0.25) is 4.98 Å². The molecule has 0 aliphatic rings. The summed E-state index contributed by atoms with van der Waals surface area (Å²) in [5.41, 5.74) is 7.42. The summed E-state index contributed by atoms with van der Waals surface area (Å²) >= 11 is 0. The fourth-order valence-electron chi connectivity index (χ4n) is 2.00. The van der Waals surface area contributed by atoms with Crippen LogP contribution in [-0.4, -0.2) is 30.3 Å². The molecule has 1 aromatic carbocycles. The van der Waals surface area contributed by atoms with Crippen LogP contribution >= 0.6 is 0 Å². The molecule has 2 aromatic rings. The SMILES string of the molecule is NC(=NCc1cccc(OCC(F)(F)F)c1)NCCc1ccccn1. The van der Waals surface area contributed by atoms with E-state index in [0.29, 0.717) is 18.5 Å². The van der Waals surface area contributed by atoms with E-state index in [4.69, 9.17) is 10.5 Å². The number of nitrogens with two attached hydrogens (primary N) is 1. The second-order valence-electron chi connectivity index (χ2n) is 5.25. The Kier molecular flexibility index (Phi) is 6.62. The maximum absolute atomic E-state index is 12.2. The zero-order chi connectivity index (χ0) is 18.1. The van der Waals surface area contributed by atoms with Gasteiger partial charge in [-0.15, -0.1) is 0 Å². The summed E-state index contributed by atoms with van der Waals surface area (Å²) in [6.07, 6.45) is -1.94. The topological polar surface area (TPSA) is 72.5 Å². The van der Waals surface area contributed by atoms with Gasteiger partial charge >= 0.3 is 6.18 Å². The van der Waals surface area contributed by atoms with Crippen LogP contribution in [0, 0.1) is 0 Å². The Morgan fingerprint density at radius 3 is 2.76 bits per heavy atom. The first-order valence-electron chi connectivity index (χ1n) is 7.64. The van der Waals surface area contributed by atoms with E-state index in [9.17, 15) is 13.2 Å². The number of hydrogen-bond acceptors (Lipinski definition) is 3. The number of aromatic nitrogens is 1. The number of rotatable bonds is 7. The highest BCUT2D eigenvalue weighted by Crippen LogP contribution is 2.19. The molecule has 0 atom stereocenters. The van der Waals surface area contributed by atoms with Crippen molar-refractivity contribution < 1.29 is 17.9 Å². The summed E-state index contributed by atoms with van der Waals surface area (Å²) in [6.45, 7) is -0.496. The van der Waals surface area contributed by atoms with Crippen molar-refractivity contribution in [2.75, 3.05) is 13.2 Å². The van der Waals surface area contributed by atoms with Crippen LogP contribution in [0.4, 0.5) is 13.2 Å². The van der Waals surface area contributed by atoms with Gasteiger partial charge in [-0.25, -0.2) is 4.99 Å². The van der Waals surface area contributed by atoms with E-state index in [0.717, 1.165) is 5.69 Å². The molecule has 0 bridgehead atoms. The summed E-state index contributed by atoms with van der Waals surface area (Å²) in [6, 6.07) is 12.0. The van der Waals surface area contributed by atoms with Gasteiger partial charge in [-0.2, -0.15) is 13.2 Å². The summed E-state index contributed by atoms with van der Waals surface area (Å²) in [4.78, 5) is 8.36. The first-order chi connectivity index (χ1) is 11.9. The number of pyridine rings is 1. The van der Waals surface area contributed by atoms with E-state index in [2.05, 4.69) is 15.3 Å². The van der Waals surface area contributed by atoms with E-state index in [1.807, 2.05) is 18.2 Å². The Hall–Kier alpha value is -2.77. The molecule has 5 nitrogen and oxygen atoms in total. The molecule has 1 heterocycles. The third-order valence-corrected chi connectivity index (χ3v) is 3.15. The van der Waals surface area contributed by atoms with Crippen LogP contribution in [0.3, 0.4) is 0 Å². The number of nitrogens with one attached hydrogen (secondary N) is 1. The lowest BCUT2D eigenvalue weighted by atomic mass is 10.2. The van der Waals surface area contributed by atoms with E-state index < -0.39 is 12.8 Å². The number of hydrogen-bond donors (Lipinski definition) is 2. The van der Waals surface area contributed by atoms with Gasteiger partial charge in [0.1, 0.15) is 5.75 Å². The fraction of sp³-hybridized carbons (Fsp3) is 0.294. The van der Waals surface area contributed by atoms with Crippen molar-refractivity contribution in [3.8, 4) is 5.75 Å². The average molecular weight is 352 g/mol. The van der Waals surface area contributed by atoms with Crippen LogP contribution < -0.4 is 15.8 Å². The number of benzene rings is 1. The lowest BCUT2D eigenvalue weighted by molar-refractivity contribution is -0.153. The number of ether oxygens (including phenoxy) is 1. The van der Waals surface area contributed by atoms with E-state index in [1.165, 1.54) is 12.1 Å². The molecule has 8 heteroatoms. The molecule has 0 saturated heterocycles. The minimum Gasteiger partial charge on any atom is -0.484 e. The van der Waals surface area contributed by atoms with Gasteiger partial charge in [0.2, 0.25) is 0 Å². The van der Waals surface area contributed by atoms with E-state index >= 15 is 0 Å². The second kappa shape index (κ2) is 8.91. The fourth-order valence-corrected chi connectivity index (χ4v) is 2.00. The average Bonchev–Trinajstić information content (AvgIpc) is 2.59. The van der Waals surface area contributed by atoms with Gasteiger partial charge in [-0.05, 0) is 29.8 Å². The molecule has 0 aliphatic carbocycles. The first kappa shape index (κ1) is 18.6. The largest absolute Gasteiger partial charge is 0.484 e. The Labute approximate surface area is 143 Å². The molecule has 0 unspecified atom stereocenters. The quantitative estimate of drug-likeness (QED) is 0.594. The van der Waals surface area contributed by atoms with Crippen molar-refractivity contribution in [1.82, 2.24) is 10.3 Å². The zero-order valence-electron chi connectivity index (χ0n) is 13.5. The lowest BCUT2D eigenvalue weighted by Gasteiger charge is -2.10. The smallest absolute Gasteiger partial charge is 0.422 e. The molecule has 1 aromatic heterocycles. The summed E-state index contributed by atoms with van der Waals surface area (Å²) in [7, 11) is 0. The minimum atomic E-state index is -4.36. The Morgan fingerprint density at radius 1 is 1.20 bits per heavy atom. The van der Waals surface area contributed by atoms with Crippen LogP contribution in [0.5, 0.6) is 5.75 Å². The van der Waals surface area contributed by atoms with Crippen molar-refractivity contribution in [2.45, 2.75) is 19.1 Å². The lowest BCUT2D eigenvalue weighted by Crippen LogP contribution is -2.33. The van der Waals surface area contributed by atoms with Crippen LogP contribution in [0.1, 0.15) is 11.3 Å². The molecular formula is C17H19F3N4O. The monoisotopic (exact) mass is 352 g/mol. The molecule has 0 fully saturated rings. The zero-order valence-corrected chi connectivity index (χ0v) is 13.5. The molecule has 0 aliphatic heterocycles. The number of alkyl halides is 3. The third kappa shape index (κ3) is 7.56. The normalized spacial score (nSPS) is 12.0. The predicted molar refractivity (Wildman–Crippen MR) is 89.3 cm³/mol. The molecule has 3 N–H and O–H groups in total. The number of guanidine groups is 1. The molecule has 0 radical (unpaired) electrons. The van der Waals surface area contributed by atoms with E-state index in [1.54, 1.807) is 18.3 Å². The molecule has 0 saturated carbocycles. The number of aliphatic imine (C=N–C) groups is 1.